The summed E-state index contributed by atoms with van der Waals surface area (Å²) in [6, 6.07) is 3.01. The smallest absolute Gasteiger partial charge is 0.331 e. The minimum atomic E-state index is -1.42. The van der Waals surface area contributed by atoms with E-state index in [9.17, 15) is 23.5 Å². The molecule has 114 valence electrons. The Balaban J connectivity index is 1.96. The monoisotopic (exact) mass is 299 g/mol. The molecule has 1 atom stereocenters. The van der Waals surface area contributed by atoms with E-state index in [1.54, 1.807) is 0 Å². The van der Waals surface area contributed by atoms with Crippen molar-refractivity contribution in [2.45, 2.75) is 24.8 Å². The molecule has 0 aliphatic carbocycles. The number of rotatable bonds is 5. The number of carboxylic acids is 1. The lowest BCUT2D eigenvalue weighted by atomic mass is 9.98. The third kappa shape index (κ3) is 3.55. The van der Waals surface area contributed by atoms with Gasteiger partial charge in [0.25, 0.3) is 0 Å². The first kappa shape index (κ1) is 15.4. The Morgan fingerprint density at radius 1 is 1.38 bits per heavy atom. The molecule has 1 aromatic carbocycles. The van der Waals surface area contributed by atoms with Gasteiger partial charge in [-0.15, -0.1) is 0 Å². The van der Waals surface area contributed by atoms with E-state index >= 15 is 0 Å². The number of ether oxygens (including phenoxy) is 1. The van der Waals surface area contributed by atoms with Crippen LogP contribution in [0.3, 0.4) is 0 Å². The van der Waals surface area contributed by atoms with Gasteiger partial charge in [0.15, 0.2) is 5.54 Å². The van der Waals surface area contributed by atoms with Crippen LogP contribution in [-0.4, -0.2) is 35.7 Å². The van der Waals surface area contributed by atoms with Crippen LogP contribution in [0.2, 0.25) is 0 Å². The molecule has 5 nitrogen and oxygen atoms in total. The highest BCUT2D eigenvalue weighted by molar-refractivity contribution is 5.87. The van der Waals surface area contributed by atoms with Gasteiger partial charge in [0.05, 0.1) is 6.61 Å². The maximum absolute atomic E-state index is 13.4. The minimum Gasteiger partial charge on any atom is -0.479 e. The summed E-state index contributed by atoms with van der Waals surface area (Å²) in [6.07, 6.45) is 0.0454. The van der Waals surface area contributed by atoms with Crippen molar-refractivity contribution in [2.24, 2.45) is 0 Å². The summed E-state index contributed by atoms with van der Waals surface area (Å²) in [5, 5.41) is 11.6. The number of aliphatic carboxylic acids is 1. The Bertz CT molecular complexity index is 556. The van der Waals surface area contributed by atoms with Gasteiger partial charge in [-0.25, -0.2) is 13.6 Å². The van der Waals surface area contributed by atoms with Crippen LogP contribution in [-0.2, 0) is 20.7 Å². The van der Waals surface area contributed by atoms with Gasteiger partial charge in [-0.1, -0.05) is 0 Å². The Labute approximate surface area is 119 Å². The largest absolute Gasteiger partial charge is 0.479 e. The van der Waals surface area contributed by atoms with E-state index in [1.165, 1.54) is 0 Å². The number of aryl methyl sites for hydroxylation is 1. The number of carboxylic acid groups (broad SMARTS) is 1. The zero-order chi connectivity index (χ0) is 15.5. The zero-order valence-electron chi connectivity index (χ0n) is 11.2. The molecule has 1 aliphatic heterocycles. The number of carbonyl (C=O) groups is 2. The van der Waals surface area contributed by atoms with Crippen LogP contribution >= 0.6 is 0 Å². The summed E-state index contributed by atoms with van der Waals surface area (Å²) in [5.41, 5.74) is -1.34. The topological polar surface area (TPSA) is 75.6 Å². The van der Waals surface area contributed by atoms with Gasteiger partial charge in [0.2, 0.25) is 5.91 Å². The third-order valence-corrected chi connectivity index (χ3v) is 3.44. The SMILES string of the molecule is O=C(CCc1cc(F)ccc1F)NC1(C(=O)O)CCOC1. The molecule has 0 saturated carbocycles. The van der Waals surface area contributed by atoms with E-state index in [-0.39, 0.29) is 38.0 Å². The Hall–Kier alpha value is -2.02. The number of benzene rings is 1. The second-order valence-electron chi connectivity index (χ2n) is 4.97. The van der Waals surface area contributed by atoms with Gasteiger partial charge in [0, 0.05) is 19.4 Å². The number of carbonyl (C=O) groups excluding carboxylic acids is 1. The molecule has 1 heterocycles. The molecular formula is C14H15F2NO4. The summed E-state index contributed by atoms with van der Waals surface area (Å²) in [4.78, 5) is 23.1. The second kappa shape index (κ2) is 6.17. The standard InChI is InChI=1S/C14H15F2NO4/c15-10-2-3-11(16)9(7-10)1-4-12(18)17-14(13(19)20)5-6-21-8-14/h2-3,7H,1,4-6,8H2,(H,17,18)(H,19,20). The van der Waals surface area contributed by atoms with Gasteiger partial charge in [-0.3, -0.25) is 4.79 Å². The predicted octanol–water partition coefficient (Wildman–Crippen LogP) is 1.26. The second-order valence-corrected chi connectivity index (χ2v) is 4.97. The van der Waals surface area contributed by atoms with Crippen LogP contribution in [0.1, 0.15) is 18.4 Å². The summed E-state index contributed by atoms with van der Waals surface area (Å²) in [7, 11) is 0. The highest BCUT2D eigenvalue weighted by atomic mass is 19.1. The molecule has 0 bridgehead atoms. The summed E-state index contributed by atoms with van der Waals surface area (Å²) >= 11 is 0. The highest BCUT2D eigenvalue weighted by Gasteiger charge is 2.43. The minimum absolute atomic E-state index is 0.00795. The number of hydrogen-bond acceptors (Lipinski definition) is 3. The fraction of sp³-hybridized carbons (Fsp3) is 0.429. The third-order valence-electron chi connectivity index (χ3n) is 3.44. The van der Waals surface area contributed by atoms with Gasteiger partial charge < -0.3 is 15.2 Å². The fourth-order valence-corrected chi connectivity index (χ4v) is 2.20. The predicted molar refractivity (Wildman–Crippen MR) is 68.6 cm³/mol. The molecule has 0 spiro atoms. The molecule has 1 aliphatic rings. The first-order valence-corrected chi connectivity index (χ1v) is 6.49. The summed E-state index contributed by atoms with van der Waals surface area (Å²) in [5.74, 6) is -2.88. The molecule has 0 aromatic heterocycles. The van der Waals surface area contributed by atoms with Crippen molar-refractivity contribution >= 4 is 11.9 Å². The van der Waals surface area contributed by atoms with E-state index in [1.807, 2.05) is 0 Å². The number of halogens is 2. The van der Waals surface area contributed by atoms with E-state index in [2.05, 4.69) is 5.32 Å². The maximum Gasteiger partial charge on any atom is 0.331 e. The lowest BCUT2D eigenvalue weighted by molar-refractivity contribution is -0.147. The maximum atomic E-state index is 13.4. The fourth-order valence-electron chi connectivity index (χ4n) is 2.20. The Morgan fingerprint density at radius 2 is 2.14 bits per heavy atom. The molecule has 1 unspecified atom stereocenters. The van der Waals surface area contributed by atoms with Gasteiger partial charge >= 0.3 is 5.97 Å². The average Bonchev–Trinajstić information content (AvgIpc) is 2.89. The van der Waals surface area contributed by atoms with Crippen LogP contribution < -0.4 is 5.32 Å². The average molecular weight is 299 g/mol. The molecular weight excluding hydrogens is 284 g/mol. The van der Waals surface area contributed by atoms with Crippen LogP contribution in [0, 0.1) is 11.6 Å². The Morgan fingerprint density at radius 3 is 2.76 bits per heavy atom. The van der Waals surface area contributed by atoms with Gasteiger partial charge in [0.1, 0.15) is 11.6 Å². The van der Waals surface area contributed by atoms with Crippen molar-refractivity contribution in [1.82, 2.24) is 5.32 Å². The van der Waals surface area contributed by atoms with Crippen molar-refractivity contribution in [3.63, 3.8) is 0 Å². The van der Waals surface area contributed by atoms with Gasteiger partial charge in [-0.2, -0.15) is 0 Å². The molecule has 1 aromatic rings. The quantitative estimate of drug-likeness (QED) is 0.858. The zero-order valence-corrected chi connectivity index (χ0v) is 11.2. The molecule has 21 heavy (non-hydrogen) atoms. The molecule has 2 rings (SSSR count). The van der Waals surface area contributed by atoms with Crippen LogP contribution in [0.4, 0.5) is 8.78 Å². The van der Waals surface area contributed by atoms with Crippen molar-refractivity contribution < 1.29 is 28.2 Å². The highest BCUT2D eigenvalue weighted by Crippen LogP contribution is 2.19. The molecule has 0 radical (unpaired) electrons. The van der Waals surface area contributed by atoms with Crippen LogP contribution in [0.5, 0.6) is 0 Å². The van der Waals surface area contributed by atoms with Crippen molar-refractivity contribution in [1.29, 1.82) is 0 Å². The van der Waals surface area contributed by atoms with E-state index in [4.69, 9.17) is 4.74 Å². The molecule has 2 N–H and O–H groups in total. The normalized spacial score (nSPS) is 21.2. The van der Waals surface area contributed by atoms with Gasteiger partial charge in [-0.05, 0) is 30.2 Å². The number of nitrogens with one attached hydrogen (secondary N) is 1. The number of hydrogen-bond donors (Lipinski definition) is 2. The van der Waals surface area contributed by atoms with Crippen molar-refractivity contribution in [2.75, 3.05) is 13.2 Å². The molecule has 1 fully saturated rings. The van der Waals surface area contributed by atoms with Crippen molar-refractivity contribution in [3.8, 4) is 0 Å². The van der Waals surface area contributed by atoms with E-state index in [0.29, 0.717) is 0 Å². The summed E-state index contributed by atoms with van der Waals surface area (Å²) < 4.78 is 31.4. The molecule has 1 amide bonds. The van der Waals surface area contributed by atoms with E-state index < -0.39 is 29.0 Å². The van der Waals surface area contributed by atoms with Crippen LogP contribution in [0.25, 0.3) is 0 Å². The number of amides is 1. The first-order valence-electron chi connectivity index (χ1n) is 6.49. The molecule has 7 heteroatoms. The van der Waals surface area contributed by atoms with Crippen LogP contribution in [0.15, 0.2) is 18.2 Å². The summed E-state index contributed by atoms with van der Waals surface area (Å²) in [6.45, 7) is 0.160. The Kier molecular flexibility index (Phi) is 4.52. The lowest BCUT2D eigenvalue weighted by Crippen LogP contribution is -2.55. The lowest BCUT2D eigenvalue weighted by Gasteiger charge is -2.23. The molecule has 1 saturated heterocycles. The van der Waals surface area contributed by atoms with E-state index in [0.717, 1.165) is 18.2 Å². The van der Waals surface area contributed by atoms with Crippen molar-refractivity contribution in [3.05, 3.63) is 35.4 Å². The first-order chi connectivity index (χ1) is 9.93.